The molecule has 0 aliphatic carbocycles. The normalized spacial score (nSPS) is 13.1. The Labute approximate surface area is 84.4 Å². The molecule has 0 aliphatic rings. The van der Waals surface area contributed by atoms with Gasteiger partial charge >= 0.3 is 0 Å². The molecule has 0 aromatic carbocycles. The van der Waals surface area contributed by atoms with E-state index in [-0.39, 0.29) is 0 Å². The molecule has 1 atom stereocenters. The molecule has 0 heteroatoms. The Morgan fingerprint density at radius 3 is 2.23 bits per heavy atom. The van der Waals surface area contributed by atoms with Crippen molar-refractivity contribution in [3.63, 3.8) is 0 Å². The van der Waals surface area contributed by atoms with Crippen molar-refractivity contribution < 1.29 is 0 Å². The number of rotatable bonds is 6. The van der Waals surface area contributed by atoms with Crippen LogP contribution in [0.4, 0.5) is 0 Å². The standard InChI is InChI=1S/C13H26/c1-6-13(12(4)5)10-8-7-9-11(2)3/h9,12-13H,6-8,10H2,1-5H3. The first kappa shape index (κ1) is 12.7. The summed E-state index contributed by atoms with van der Waals surface area (Å²) >= 11 is 0. The molecular weight excluding hydrogens is 156 g/mol. The van der Waals surface area contributed by atoms with E-state index in [1.54, 1.807) is 0 Å². The molecule has 0 radical (unpaired) electrons. The Morgan fingerprint density at radius 1 is 1.23 bits per heavy atom. The lowest BCUT2D eigenvalue weighted by atomic mass is 9.88. The molecular formula is C13H26. The fourth-order valence-corrected chi connectivity index (χ4v) is 1.78. The van der Waals surface area contributed by atoms with Crippen LogP contribution >= 0.6 is 0 Å². The molecule has 0 saturated heterocycles. The predicted molar refractivity (Wildman–Crippen MR) is 61.9 cm³/mol. The summed E-state index contributed by atoms with van der Waals surface area (Å²) in [6.45, 7) is 11.4. The number of hydrogen-bond donors (Lipinski definition) is 0. The second-order valence-corrected chi connectivity index (χ2v) is 4.62. The molecule has 0 bridgehead atoms. The van der Waals surface area contributed by atoms with Crippen molar-refractivity contribution >= 4 is 0 Å². The van der Waals surface area contributed by atoms with Gasteiger partial charge in [-0.3, -0.25) is 0 Å². The first-order chi connectivity index (χ1) is 6.07. The summed E-state index contributed by atoms with van der Waals surface area (Å²) in [4.78, 5) is 0. The Bertz CT molecular complexity index is 138. The molecule has 0 spiro atoms. The van der Waals surface area contributed by atoms with Crippen LogP contribution in [0, 0.1) is 11.8 Å². The average molecular weight is 182 g/mol. The molecule has 0 rings (SSSR count). The maximum absolute atomic E-state index is 2.35. The zero-order valence-electron chi connectivity index (χ0n) is 10.1. The Balaban J connectivity index is 3.56. The molecule has 0 aromatic rings. The molecule has 0 heterocycles. The van der Waals surface area contributed by atoms with Gasteiger partial charge in [-0.25, -0.2) is 0 Å². The minimum Gasteiger partial charge on any atom is -0.0859 e. The molecule has 78 valence electrons. The zero-order chi connectivity index (χ0) is 10.3. The molecule has 0 aromatic heterocycles. The van der Waals surface area contributed by atoms with E-state index in [1.165, 1.54) is 31.3 Å². The van der Waals surface area contributed by atoms with Crippen LogP contribution in [0.5, 0.6) is 0 Å². The molecule has 0 nitrogen and oxygen atoms in total. The van der Waals surface area contributed by atoms with Gasteiger partial charge in [-0.15, -0.1) is 0 Å². The fraction of sp³-hybridized carbons (Fsp3) is 0.846. The highest BCUT2D eigenvalue weighted by Crippen LogP contribution is 2.21. The Hall–Kier alpha value is -0.260. The van der Waals surface area contributed by atoms with Crippen LogP contribution in [0.3, 0.4) is 0 Å². The zero-order valence-corrected chi connectivity index (χ0v) is 10.1. The van der Waals surface area contributed by atoms with E-state index in [4.69, 9.17) is 0 Å². The second-order valence-electron chi connectivity index (χ2n) is 4.62. The van der Waals surface area contributed by atoms with Gasteiger partial charge in [0.25, 0.3) is 0 Å². The number of allylic oxidation sites excluding steroid dienone is 2. The highest BCUT2D eigenvalue weighted by molar-refractivity contribution is 4.92. The quantitative estimate of drug-likeness (QED) is 0.408. The first-order valence-electron chi connectivity index (χ1n) is 5.71. The van der Waals surface area contributed by atoms with Crippen molar-refractivity contribution in [1.82, 2.24) is 0 Å². The number of hydrogen-bond acceptors (Lipinski definition) is 0. The number of unbranched alkanes of at least 4 members (excludes halogenated alkanes) is 1. The van der Waals surface area contributed by atoms with Crippen molar-refractivity contribution in [3.8, 4) is 0 Å². The van der Waals surface area contributed by atoms with E-state index >= 15 is 0 Å². The van der Waals surface area contributed by atoms with Gasteiger partial charge < -0.3 is 0 Å². The second kappa shape index (κ2) is 7.17. The third kappa shape index (κ3) is 6.86. The lowest BCUT2D eigenvalue weighted by molar-refractivity contribution is 0.342. The molecule has 1 unspecified atom stereocenters. The van der Waals surface area contributed by atoms with Gasteiger partial charge in [-0.05, 0) is 44.9 Å². The van der Waals surface area contributed by atoms with E-state index < -0.39 is 0 Å². The van der Waals surface area contributed by atoms with Crippen LogP contribution < -0.4 is 0 Å². The van der Waals surface area contributed by atoms with E-state index in [0.717, 1.165) is 11.8 Å². The van der Waals surface area contributed by atoms with E-state index in [2.05, 4.69) is 40.7 Å². The van der Waals surface area contributed by atoms with Crippen LogP contribution in [-0.2, 0) is 0 Å². The minimum atomic E-state index is 0.858. The highest BCUT2D eigenvalue weighted by atomic mass is 14.1. The third-order valence-corrected chi connectivity index (χ3v) is 2.80. The summed E-state index contributed by atoms with van der Waals surface area (Å²) in [5, 5.41) is 0. The topological polar surface area (TPSA) is 0 Å². The largest absolute Gasteiger partial charge is 0.0859 e. The van der Waals surface area contributed by atoms with Gasteiger partial charge in [0.2, 0.25) is 0 Å². The fourth-order valence-electron chi connectivity index (χ4n) is 1.78. The molecule has 0 amide bonds. The van der Waals surface area contributed by atoms with Gasteiger partial charge in [-0.2, -0.15) is 0 Å². The van der Waals surface area contributed by atoms with Crippen LogP contribution in [0.2, 0.25) is 0 Å². The lowest BCUT2D eigenvalue weighted by Crippen LogP contribution is -2.06. The van der Waals surface area contributed by atoms with E-state index in [1.807, 2.05) is 0 Å². The van der Waals surface area contributed by atoms with E-state index in [9.17, 15) is 0 Å². The Morgan fingerprint density at radius 2 is 1.85 bits per heavy atom. The van der Waals surface area contributed by atoms with Crippen LogP contribution in [-0.4, -0.2) is 0 Å². The average Bonchev–Trinajstić information content (AvgIpc) is 2.03. The van der Waals surface area contributed by atoms with Crippen molar-refractivity contribution in [2.75, 3.05) is 0 Å². The third-order valence-electron chi connectivity index (χ3n) is 2.80. The summed E-state index contributed by atoms with van der Waals surface area (Å²) in [7, 11) is 0. The van der Waals surface area contributed by atoms with Crippen molar-refractivity contribution in [3.05, 3.63) is 11.6 Å². The van der Waals surface area contributed by atoms with Crippen molar-refractivity contribution in [2.24, 2.45) is 11.8 Å². The smallest absolute Gasteiger partial charge is 0.0348 e. The van der Waals surface area contributed by atoms with Crippen LogP contribution in [0.25, 0.3) is 0 Å². The van der Waals surface area contributed by atoms with Gasteiger partial charge in [-0.1, -0.05) is 38.8 Å². The summed E-state index contributed by atoms with van der Waals surface area (Å²) in [6.07, 6.45) is 7.73. The minimum absolute atomic E-state index is 0.858. The van der Waals surface area contributed by atoms with Crippen LogP contribution in [0.15, 0.2) is 11.6 Å². The first-order valence-corrected chi connectivity index (χ1v) is 5.71. The summed E-state index contributed by atoms with van der Waals surface area (Å²) in [5.74, 6) is 1.79. The molecule has 0 saturated carbocycles. The maximum atomic E-state index is 2.35. The van der Waals surface area contributed by atoms with Gasteiger partial charge in [0.05, 0.1) is 0 Å². The highest BCUT2D eigenvalue weighted by Gasteiger charge is 2.09. The molecule has 13 heavy (non-hydrogen) atoms. The van der Waals surface area contributed by atoms with Crippen LogP contribution in [0.1, 0.15) is 60.3 Å². The summed E-state index contributed by atoms with van der Waals surface area (Å²) in [6, 6.07) is 0. The van der Waals surface area contributed by atoms with Gasteiger partial charge in [0.15, 0.2) is 0 Å². The lowest BCUT2D eigenvalue weighted by Gasteiger charge is -2.18. The summed E-state index contributed by atoms with van der Waals surface area (Å²) in [5.41, 5.74) is 1.46. The van der Waals surface area contributed by atoms with Crippen molar-refractivity contribution in [2.45, 2.75) is 60.3 Å². The van der Waals surface area contributed by atoms with Gasteiger partial charge in [0, 0.05) is 0 Å². The Kier molecular flexibility index (Phi) is 7.03. The predicted octanol–water partition coefficient (Wildman–Crippen LogP) is 4.81. The summed E-state index contributed by atoms with van der Waals surface area (Å²) < 4.78 is 0. The van der Waals surface area contributed by atoms with Crippen molar-refractivity contribution in [1.29, 1.82) is 0 Å². The molecule has 0 fully saturated rings. The molecule has 0 N–H and O–H groups in total. The van der Waals surface area contributed by atoms with Gasteiger partial charge in [0.1, 0.15) is 0 Å². The SMILES string of the molecule is CCC(CCCC=C(C)C)C(C)C. The molecule has 0 aliphatic heterocycles. The monoisotopic (exact) mass is 182 g/mol. The maximum Gasteiger partial charge on any atom is -0.0348 e. The van der Waals surface area contributed by atoms with E-state index in [0.29, 0.717) is 0 Å².